The molecule has 0 spiro atoms. The SMILES string of the molecule is O=C(O)CCCOC(=O)CCS. The molecule has 0 aliphatic heterocycles. The monoisotopic (exact) mass is 192 g/mol. The van der Waals surface area contributed by atoms with Gasteiger partial charge in [-0.15, -0.1) is 0 Å². The van der Waals surface area contributed by atoms with Crippen LogP contribution in [-0.4, -0.2) is 29.4 Å². The average molecular weight is 192 g/mol. The van der Waals surface area contributed by atoms with Gasteiger partial charge in [0.1, 0.15) is 0 Å². The quantitative estimate of drug-likeness (QED) is 0.369. The van der Waals surface area contributed by atoms with Crippen LogP contribution in [0, 0.1) is 0 Å². The van der Waals surface area contributed by atoms with Crippen molar-refractivity contribution in [2.75, 3.05) is 12.4 Å². The van der Waals surface area contributed by atoms with Gasteiger partial charge < -0.3 is 9.84 Å². The van der Waals surface area contributed by atoms with E-state index in [1.165, 1.54) is 0 Å². The summed E-state index contributed by atoms with van der Waals surface area (Å²) in [6, 6.07) is 0. The molecule has 0 aromatic heterocycles. The normalized spacial score (nSPS) is 9.42. The number of carbonyl (C=O) groups is 2. The van der Waals surface area contributed by atoms with E-state index in [1.54, 1.807) is 0 Å². The zero-order chi connectivity index (χ0) is 9.40. The summed E-state index contributed by atoms with van der Waals surface area (Å²) in [7, 11) is 0. The lowest BCUT2D eigenvalue weighted by Crippen LogP contribution is -2.07. The number of carbonyl (C=O) groups excluding carboxylic acids is 1. The second-order valence-electron chi connectivity index (χ2n) is 2.19. The van der Waals surface area contributed by atoms with Gasteiger partial charge in [-0.05, 0) is 6.42 Å². The molecule has 0 bridgehead atoms. The zero-order valence-electron chi connectivity index (χ0n) is 6.65. The number of esters is 1. The van der Waals surface area contributed by atoms with E-state index in [1.807, 2.05) is 0 Å². The van der Waals surface area contributed by atoms with Crippen molar-refractivity contribution in [1.82, 2.24) is 0 Å². The maximum atomic E-state index is 10.7. The Morgan fingerprint density at radius 1 is 1.33 bits per heavy atom. The van der Waals surface area contributed by atoms with Crippen LogP contribution in [0.2, 0.25) is 0 Å². The molecular formula is C7H12O4S. The highest BCUT2D eigenvalue weighted by Crippen LogP contribution is 1.93. The van der Waals surface area contributed by atoms with E-state index in [4.69, 9.17) is 5.11 Å². The highest BCUT2D eigenvalue weighted by molar-refractivity contribution is 7.80. The van der Waals surface area contributed by atoms with Crippen molar-refractivity contribution >= 4 is 24.6 Å². The Morgan fingerprint density at radius 2 is 2.00 bits per heavy atom. The molecule has 0 aliphatic carbocycles. The smallest absolute Gasteiger partial charge is 0.306 e. The molecule has 0 amide bonds. The first-order valence-corrected chi connectivity index (χ1v) is 4.28. The maximum absolute atomic E-state index is 10.7. The summed E-state index contributed by atoms with van der Waals surface area (Å²) < 4.78 is 4.68. The minimum Gasteiger partial charge on any atom is -0.481 e. The largest absolute Gasteiger partial charge is 0.481 e. The molecule has 12 heavy (non-hydrogen) atoms. The lowest BCUT2D eigenvalue weighted by atomic mass is 10.3. The summed E-state index contributed by atoms with van der Waals surface area (Å²) in [4.78, 5) is 20.7. The van der Waals surface area contributed by atoms with E-state index in [9.17, 15) is 9.59 Å². The van der Waals surface area contributed by atoms with E-state index in [0.717, 1.165) is 0 Å². The highest BCUT2D eigenvalue weighted by Gasteiger charge is 2.01. The third-order valence-corrected chi connectivity index (χ3v) is 1.34. The third kappa shape index (κ3) is 7.40. The van der Waals surface area contributed by atoms with Crippen molar-refractivity contribution in [3.05, 3.63) is 0 Å². The molecule has 0 aromatic rings. The lowest BCUT2D eigenvalue weighted by molar-refractivity contribution is -0.145. The summed E-state index contributed by atoms with van der Waals surface area (Å²) >= 11 is 3.84. The molecule has 1 N–H and O–H groups in total. The lowest BCUT2D eigenvalue weighted by Gasteiger charge is -2.01. The highest BCUT2D eigenvalue weighted by atomic mass is 32.1. The van der Waals surface area contributed by atoms with Crippen molar-refractivity contribution < 1.29 is 19.4 Å². The van der Waals surface area contributed by atoms with Crippen molar-refractivity contribution in [1.29, 1.82) is 0 Å². The van der Waals surface area contributed by atoms with Gasteiger partial charge in [-0.25, -0.2) is 0 Å². The predicted octanol–water partition coefficient (Wildman–Crippen LogP) is 0.714. The maximum Gasteiger partial charge on any atom is 0.306 e. The summed E-state index contributed by atoms with van der Waals surface area (Å²) in [6.45, 7) is 0.179. The van der Waals surface area contributed by atoms with Gasteiger partial charge in [-0.2, -0.15) is 12.6 Å². The van der Waals surface area contributed by atoms with Gasteiger partial charge in [0.2, 0.25) is 0 Å². The summed E-state index contributed by atoms with van der Waals surface area (Å²) in [6.07, 6.45) is 0.679. The summed E-state index contributed by atoms with van der Waals surface area (Å²) in [5, 5.41) is 8.23. The Labute approximate surface area is 76.3 Å². The van der Waals surface area contributed by atoms with Crippen LogP contribution in [-0.2, 0) is 14.3 Å². The van der Waals surface area contributed by atoms with Crippen LogP contribution in [0.4, 0.5) is 0 Å². The van der Waals surface area contributed by atoms with Gasteiger partial charge in [0.15, 0.2) is 0 Å². The van der Waals surface area contributed by atoms with E-state index in [0.29, 0.717) is 12.2 Å². The number of rotatable bonds is 6. The van der Waals surface area contributed by atoms with Crippen LogP contribution in [0.15, 0.2) is 0 Å². The van der Waals surface area contributed by atoms with Crippen LogP contribution in [0.3, 0.4) is 0 Å². The first kappa shape index (κ1) is 11.3. The number of carboxylic acids is 1. The minimum absolute atomic E-state index is 0.0359. The van der Waals surface area contributed by atoms with E-state index in [-0.39, 0.29) is 25.4 Å². The molecule has 4 nitrogen and oxygen atoms in total. The third-order valence-electron chi connectivity index (χ3n) is 1.11. The van der Waals surface area contributed by atoms with Gasteiger partial charge in [0, 0.05) is 12.2 Å². The van der Waals surface area contributed by atoms with Gasteiger partial charge in [-0.1, -0.05) is 0 Å². The number of carboxylic acid groups (broad SMARTS) is 1. The second-order valence-corrected chi connectivity index (χ2v) is 2.64. The van der Waals surface area contributed by atoms with Gasteiger partial charge in [-0.3, -0.25) is 9.59 Å². The Morgan fingerprint density at radius 3 is 2.50 bits per heavy atom. The van der Waals surface area contributed by atoms with Gasteiger partial charge in [0.05, 0.1) is 13.0 Å². The van der Waals surface area contributed by atoms with Crippen molar-refractivity contribution in [2.24, 2.45) is 0 Å². The average Bonchev–Trinajstić information content (AvgIpc) is 1.98. The van der Waals surface area contributed by atoms with E-state index >= 15 is 0 Å². The Bertz CT molecular complexity index is 157. The summed E-state index contributed by atoms with van der Waals surface area (Å²) in [5.41, 5.74) is 0. The van der Waals surface area contributed by atoms with E-state index in [2.05, 4.69) is 17.4 Å². The van der Waals surface area contributed by atoms with Crippen LogP contribution in [0.1, 0.15) is 19.3 Å². The topological polar surface area (TPSA) is 63.6 Å². The Hall–Kier alpha value is -0.710. The van der Waals surface area contributed by atoms with Crippen LogP contribution in [0.5, 0.6) is 0 Å². The van der Waals surface area contributed by atoms with Crippen LogP contribution < -0.4 is 0 Å². The first-order valence-electron chi connectivity index (χ1n) is 3.65. The molecule has 0 atom stereocenters. The molecule has 70 valence electrons. The molecule has 0 saturated carbocycles. The van der Waals surface area contributed by atoms with Gasteiger partial charge >= 0.3 is 11.9 Å². The molecule has 0 heterocycles. The first-order chi connectivity index (χ1) is 5.66. The summed E-state index contributed by atoms with van der Waals surface area (Å²) in [5.74, 6) is -0.742. The molecule has 0 fully saturated rings. The number of ether oxygens (including phenoxy) is 1. The number of hydrogen-bond acceptors (Lipinski definition) is 4. The molecular weight excluding hydrogens is 180 g/mol. The van der Waals surface area contributed by atoms with Crippen LogP contribution in [0.25, 0.3) is 0 Å². The predicted molar refractivity (Wildman–Crippen MR) is 46.3 cm³/mol. The molecule has 0 aliphatic rings. The fourth-order valence-electron chi connectivity index (χ4n) is 0.573. The number of thiol groups is 1. The van der Waals surface area contributed by atoms with Crippen molar-refractivity contribution in [3.63, 3.8) is 0 Å². The van der Waals surface area contributed by atoms with Crippen molar-refractivity contribution in [2.45, 2.75) is 19.3 Å². The Balaban J connectivity index is 3.19. The van der Waals surface area contributed by atoms with Crippen molar-refractivity contribution in [3.8, 4) is 0 Å². The fraction of sp³-hybridized carbons (Fsp3) is 0.714. The van der Waals surface area contributed by atoms with Crippen LogP contribution >= 0.6 is 12.6 Å². The molecule has 0 rings (SSSR count). The van der Waals surface area contributed by atoms with E-state index < -0.39 is 5.97 Å². The molecule has 5 heteroatoms. The molecule has 0 aromatic carbocycles. The second kappa shape index (κ2) is 6.97. The zero-order valence-corrected chi connectivity index (χ0v) is 7.55. The molecule has 0 unspecified atom stereocenters. The Kier molecular flexibility index (Phi) is 6.55. The number of aliphatic carboxylic acids is 1. The fourth-order valence-corrected chi connectivity index (χ4v) is 0.755. The van der Waals surface area contributed by atoms with Gasteiger partial charge in [0.25, 0.3) is 0 Å². The molecule has 0 radical (unpaired) electrons. The standard InChI is InChI=1S/C7H12O4S/c8-6(9)2-1-4-11-7(10)3-5-12/h12H,1-5H2,(H,8,9). The molecule has 0 saturated heterocycles. The number of hydrogen-bond donors (Lipinski definition) is 2. The minimum atomic E-state index is -0.875.